The van der Waals surface area contributed by atoms with Crippen LogP contribution in [0.15, 0.2) is 36.5 Å². The second-order valence-corrected chi connectivity index (χ2v) is 5.23. The number of benzene rings is 1. The van der Waals surface area contributed by atoms with Crippen molar-refractivity contribution in [1.29, 1.82) is 0 Å². The van der Waals surface area contributed by atoms with E-state index in [0.717, 1.165) is 16.7 Å². The van der Waals surface area contributed by atoms with Gasteiger partial charge in [-0.2, -0.15) is 0 Å². The van der Waals surface area contributed by atoms with Crippen LogP contribution in [0.25, 0.3) is 0 Å². The molecular formula is C17H19N3O2. The first kappa shape index (κ1) is 15.7. The van der Waals surface area contributed by atoms with Crippen molar-refractivity contribution < 1.29 is 9.59 Å². The normalized spacial score (nSPS) is 10.1. The Morgan fingerprint density at radius 1 is 1.05 bits per heavy atom. The minimum atomic E-state index is -0.676. The van der Waals surface area contributed by atoms with Crippen molar-refractivity contribution in [3.8, 4) is 0 Å². The fourth-order valence-corrected chi connectivity index (χ4v) is 2.30. The van der Waals surface area contributed by atoms with E-state index >= 15 is 0 Å². The molecule has 22 heavy (non-hydrogen) atoms. The molecule has 114 valence electrons. The zero-order valence-electron chi connectivity index (χ0n) is 12.9. The van der Waals surface area contributed by atoms with Crippen LogP contribution in [0.1, 0.15) is 22.4 Å². The van der Waals surface area contributed by atoms with Gasteiger partial charge in [-0.1, -0.05) is 23.8 Å². The van der Waals surface area contributed by atoms with Gasteiger partial charge in [0.2, 0.25) is 0 Å². The minimum absolute atomic E-state index is 0.221. The van der Waals surface area contributed by atoms with Gasteiger partial charge in [0.1, 0.15) is 0 Å². The number of nitrogens with one attached hydrogen (secondary N) is 2. The molecule has 0 unspecified atom stereocenters. The Bertz CT molecular complexity index is 673. The first-order valence-corrected chi connectivity index (χ1v) is 7.04. The van der Waals surface area contributed by atoms with Gasteiger partial charge in [0.25, 0.3) is 0 Å². The van der Waals surface area contributed by atoms with Crippen LogP contribution in [0.4, 0.5) is 5.69 Å². The molecule has 0 spiro atoms. The maximum Gasteiger partial charge on any atom is 0.313 e. The summed E-state index contributed by atoms with van der Waals surface area (Å²) in [5.74, 6) is -1.35. The molecule has 0 aliphatic rings. The second kappa shape index (κ2) is 6.85. The number of carbonyl (C=O) groups is 2. The van der Waals surface area contributed by atoms with Crippen LogP contribution in [0.5, 0.6) is 0 Å². The smallest absolute Gasteiger partial charge is 0.313 e. The third kappa shape index (κ3) is 3.91. The standard InChI is InChI=1S/C17H19N3O2/c1-11-8-12(2)15(13(3)9-11)20-17(22)16(21)19-10-14-6-4-5-7-18-14/h4-9H,10H2,1-3H3,(H,19,21)(H,20,22). The van der Waals surface area contributed by atoms with E-state index in [9.17, 15) is 9.59 Å². The average Bonchev–Trinajstić information content (AvgIpc) is 2.49. The Morgan fingerprint density at radius 2 is 1.73 bits per heavy atom. The number of pyridine rings is 1. The number of rotatable bonds is 3. The first-order chi connectivity index (χ1) is 10.5. The summed E-state index contributed by atoms with van der Waals surface area (Å²) in [7, 11) is 0. The monoisotopic (exact) mass is 297 g/mol. The third-order valence-electron chi connectivity index (χ3n) is 3.28. The molecule has 2 amide bonds. The number of nitrogens with zero attached hydrogens (tertiary/aromatic N) is 1. The molecule has 0 aliphatic heterocycles. The first-order valence-electron chi connectivity index (χ1n) is 7.04. The van der Waals surface area contributed by atoms with Crippen molar-refractivity contribution in [3.63, 3.8) is 0 Å². The summed E-state index contributed by atoms with van der Waals surface area (Å²) in [5.41, 5.74) is 4.37. The minimum Gasteiger partial charge on any atom is -0.342 e. The molecule has 2 aromatic rings. The van der Waals surface area contributed by atoms with E-state index in [-0.39, 0.29) is 6.54 Å². The molecule has 0 saturated heterocycles. The van der Waals surface area contributed by atoms with Gasteiger partial charge >= 0.3 is 11.8 Å². The van der Waals surface area contributed by atoms with Gasteiger partial charge < -0.3 is 10.6 Å². The van der Waals surface area contributed by atoms with Crippen molar-refractivity contribution in [2.45, 2.75) is 27.3 Å². The molecule has 0 atom stereocenters. The Balaban J connectivity index is 1.99. The summed E-state index contributed by atoms with van der Waals surface area (Å²) < 4.78 is 0. The van der Waals surface area contributed by atoms with Gasteiger partial charge in [-0.3, -0.25) is 14.6 Å². The third-order valence-corrected chi connectivity index (χ3v) is 3.28. The molecule has 5 nitrogen and oxygen atoms in total. The van der Waals surface area contributed by atoms with Gasteiger partial charge in [-0.25, -0.2) is 0 Å². The predicted molar refractivity (Wildman–Crippen MR) is 85.4 cm³/mol. The van der Waals surface area contributed by atoms with E-state index in [4.69, 9.17) is 0 Å². The van der Waals surface area contributed by atoms with Gasteiger partial charge in [-0.05, 0) is 44.0 Å². The average molecular weight is 297 g/mol. The summed E-state index contributed by atoms with van der Waals surface area (Å²) in [6.45, 7) is 6.02. The topological polar surface area (TPSA) is 71.1 Å². The quantitative estimate of drug-likeness (QED) is 0.854. The fraction of sp³-hybridized carbons (Fsp3) is 0.235. The summed E-state index contributed by atoms with van der Waals surface area (Å²) in [6.07, 6.45) is 1.64. The number of carbonyl (C=O) groups excluding carboxylic acids is 2. The van der Waals surface area contributed by atoms with Crippen molar-refractivity contribution in [1.82, 2.24) is 10.3 Å². The number of hydrogen-bond donors (Lipinski definition) is 2. The van der Waals surface area contributed by atoms with Gasteiger partial charge in [0, 0.05) is 11.9 Å². The zero-order valence-corrected chi connectivity index (χ0v) is 12.9. The molecule has 2 N–H and O–H groups in total. The molecule has 2 rings (SSSR count). The molecular weight excluding hydrogens is 278 g/mol. The number of amides is 2. The maximum absolute atomic E-state index is 12.0. The molecule has 0 fully saturated rings. The van der Waals surface area contributed by atoms with Crippen LogP contribution in [0.2, 0.25) is 0 Å². The number of anilines is 1. The van der Waals surface area contributed by atoms with Crippen molar-refractivity contribution in [3.05, 3.63) is 58.9 Å². The Hall–Kier alpha value is -2.69. The summed E-state index contributed by atoms with van der Waals surface area (Å²) in [5, 5.41) is 5.23. The molecule has 0 bridgehead atoms. The van der Waals surface area contributed by atoms with E-state index in [1.807, 2.05) is 39.0 Å². The van der Waals surface area contributed by atoms with Crippen LogP contribution >= 0.6 is 0 Å². The van der Waals surface area contributed by atoms with Gasteiger partial charge in [-0.15, -0.1) is 0 Å². The molecule has 0 radical (unpaired) electrons. The molecule has 1 aromatic heterocycles. The maximum atomic E-state index is 12.0. The lowest BCUT2D eigenvalue weighted by Crippen LogP contribution is -2.35. The number of aromatic nitrogens is 1. The summed E-state index contributed by atoms with van der Waals surface area (Å²) >= 11 is 0. The van der Waals surface area contributed by atoms with Gasteiger partial charge in [0.15, 0.2) is 0 Å². The van der Waals surface area contributed by atoms with Crippen LogP contribution in [0, 0.1) is 20.8 Å². The number of hydrogen-bond acceptors (Lipinski definition) is 3. The lowest BCUT2D eigenvalue weighted by molar-refractivity contribution is -0.136. The highest BCUT2D eigenvalue weighted by Gasteiger charge is 2.15. The van der Waals surface area contributed by atoms with Crippen LogP contribution < -0.4 is 10.6 Å². The van der Waals surface area contributed by atoms with Crippen LogP contribution in [-0.4, -0.2) is 16.8 Å². The highest BCUT2D eigenvalue weighted by Crippen LogP contribution is 2.21. The zero-order chi connectivity index (χ0) is 16.1. The number of aryl methyl sites for hydroxylation is 3. The predicted octanol–water partition coefficient (Wildman–Crippen LogP) is 2.26. The van der Waals surface area contributed by atoms with Crippen molar-refractivity contribution in [2.24, 2.45) is 0 Å². The van der Waals surface area contributed by atoms with Crippen molar-refractivity contribution >= 4 is 17.5 Å². The summed E-state index contributed by atoms with van der Waals surface area (Å²) in [6, 6.07) is 9.34. The van der Waals surface area contributed by atoms with Crippen LogP contribution in [0.3, 0.4) is 0 Å². The second-order valence-electron chi connectivity index (χ2n) is 5.23. The molecule has 0 saturated carbocycles. The SMILES string of the molecule is Cc1cc(C)c(NC(=O)C(=O)NCc2ccccn2)c(C)c1. The molecule has 0 aliphatic carbocycles. The van der Waals surface area contributed by atoms with E-state index in [0.29, 0.717) is 11.4 Å². The largest absolute Gasteiger partial charge is 0.342 e. The highest BCUT2D eigenvalue weighted by atomic mass is 16.2. The van der Waals surface area contributed by atoms with E-state index in [1.165, 1.54) is 0 Å². The van der Waals surface area contributed by atoms with Crippen molar-refractivity contribution in [2.75, 3.05) is 5.32 Å². The Kier molecular flexibility index (Phi) is 4.88. The fourth-order valence-electron chi connectivity index (χ4n) is 2.30. The molecule has 1 aromatic carbocycles. The Morgan fingerprint density at radius 3 is 2.32 bits per heavy atom. The Labute approximate surface area is 129 Å². The van der Waals surface area contributed by atoms with E-state index in [2.05, 4.69) is 15.6 Å². The lowest BCUT2D eigenvalue weighted by atomic mass is 10.1. The highest BCUT2D eigenvalue weighted by molar-refractivity contribution is 6.39. The van der Waals surface area contributed by atoms with Crippen LogP contribution in [-0.2, 0) is 16.1 Å². The molecule has 5 heteroatoms. The molecule has 1 heterocycles. The van der Waals surface area contributed by atoms with E-state index in [1.54, 1.807) is 18.3 Å². The lowest BCUT2D eigenvalue weighted by Gasteiger charge is -2.12. The van der Waals surface area contributed by atoms with Gasteiger partial charge in [0.05, 0.1) is 12.2 Å². The summed E-state index contributed by atoms with van der Waals surface area (Å²) in [4.78, 5) is 27.9. The van der Waals surface area contributed by atoms with E-state index < -0.39 is 11.8 Å².